The van der Waals surface area contributed by atoms with Crippen LogP contribution in [-0.4, -0.2) is 32.8 Å². The Morgan fingerprint density at radius 3 is 2.79 bits per heavy atom. The molecular formula is C14H22N2O3. The standard InChI is InChI=1S/C14H22N2O3/c1-3-6-19-7-4-5-16-14(17)11-8-12(15)10-13(9-11)18-2/h8-10H,3-7,15H2,1-2H3,(H,16,17). The summed E-state index contributed by atoms with van der Waals surface area (Å²) in [5, 5.41) is 2.82. The lowest BCUT2D eigenvalue weighted by atomic mass is 10.1. The topological polar surface area (TPSA) is 73.6 Å². The Hall–Kier alpha value is -1.75. The van der Waals surface area contributed by atoms with Gasteiger partial charge < -0.3 is 20.5 Å². The Kier molecular flexibility index (Phi) is 6.74. The maximum absolute atomic E-state index is 11.9. The summed E-state index contributed by atoms with van der Waals surface area (Å²) in [5.41, 5.74) is 6.72. The number of nitrogen functional groups attached to an aromatic ring is 1. The Morgan fingerprint density at radius 1 is 1.32 bits per heavy atom. The second kappa shape index (κ2) is 8.37. The minimum Gasteiger partial charge on any atom is -0.497 e. The molecule has 0 spiro atoms. The minimum absolute atomic E-state index is 0.152. The summed E-state index contributed by atoms with van der Waals surface area (Å²) in [5.74, 6) is 0.428. The molecule has 1 rings (SSSR count). The van der Waals surface area contributed by atoms with Crippen LogP contribution in [0.1, 0.15) is 30.1 Å². The lowest BCUT2D eigenvalue weighted by Crippen LogP contribution is -2.25. The van der Waals surface area contributed by atoms with Crippen molar-refractivity contribution in [1.29, 1.82) is 0 Å². The van der Waals surface area contributed by atoms with E-state index in [1.165, 1.54) is 0 Å². The molecule has 0 radical (unpaired) electrons. The number of benzene rings is 1. The van der Waals surface area contributed by atoms with Crippen LogP contribution in [0.4, 0.5) is 5.69 Å². The first kappa shape index (κ1) is 15.3. The predicted octanol–water partition coefficient (Wildman–Crippen LogP) is 1.82. The third-order valence-electron chi connectivity index (χ3n) is 2.53. The summed E-state index contributed by atoms with van der Waals surface area (Å²) in [7, 11) is 1.54. The second-order valence-corrected chi connectivity index (χ2v) is 4.22. The van der Waals surface area contributed by atoms with Crippen molar-refractivity contribution >= 4 is 11.6 Å². The predicted molar refractivity (Wildman–Crippen MR) is 75.5 cm³/mol. The second-order valence-electron chi connectivity index (χ2n) is 4.22. The third kappa shape index (κ3) is 5.61. The molecule has 106 valence electrons. The molecule has 0 fully saturated rings. The zero-order chi connectivity index (χ0) is 14.1. The van der Waals surface area contributed by atoms with E-state index < -0.39 is 0 Å². The Morgan fingerprint density at radius 2 is 2.11 bits per heavy atom. The van der Waals surface area contributed by atoms with Crippen LogP contribution in [0.3, 0.4) is 0 Å². The molecule has 3 N–H and O–H groups in total. The molecule has 0 aliphatic rings. The fourth-order valence-electron chi connectivity index (χ4n) is 1.60. The van der Waals surface area contributed by atoms with Crippen molar-refractivity contribution in [3.8, 4) is 5.75 Å². The number of carbonyl (C=O) groups excluding carboxylic acids is 1. The van der Waals surface area contributed by atoms with Crippen molar-refractivity contribution in [2.75, 3.05) is 32.6 Å². The first-order valence-corrected chi connectivity index (χ1v) is 6.48. The first-order valence-electron chi connectivity index (χ1n) is 6.48. The summed E-state index contributed by atoms with van der Waals surface area (Å²) in [6.45, 7) is 4.07. The molecule has 1 aromatic carbocycles. The number of carbonyl (C=O) groups is 1. The summed E-state index contributed by atoms with van der Waals surface area (Å²) in [6.07, 6.45) is 1.81. The summed E-state index contributed by atoms with van der Waals surface area (Å²) < 4.78 is 10.4. The average molecular weight is 266 g/mol. The van der Waals surface area contributed by atoms with Gasteiger partial charge in [0, 0.05) is 37.1 Å². The van der Waals surface area contributed by atoms with Gasteiger partial charge in [-0.1, -0.05) is 6.92 Å². The highest BCUT2D eigenvalue weighted by Crippen LogP contribution is 2.18. The van der Waals surface area contributed by atoms with Gasteiger partial charge in [-0.25, -0.2) is 0 Å². The SMILES string of the molecule is CCCOCCCNC(=O)c1cc(N)cc(OC)c1. The van der Waals surface area contributed by atoms with Crippen molar-refractivity contribution < 1.29 is 14.3 Å². The van der Waals surface area contributed by atoms with Gasteiger partial charge >= 0.3 is 0 Å². The Bertz CT molecular complexity index is 408. The number of methoxy groups -OCH3 is 1. The maximum atomic E-state index is 11.9. The van der Waals surface area contributed by atoms with E-state index in [1.54, 1.807) is 25.3 Å². The molecule has 1 amide bonds. The van der Waals surface area contributed by atoms with Gasteiger partial charge in [0.1, 0.15) is 5.75 Å². The van der Waals surface area contributed by atoms with E-state index in [9.17, 15) is 4.79 Å². The van der Waals surface area contributed by atoms with Gasteiger partial charge in [-0.05, 0) is 25.0 Å². The van der Waals surface area contributed by atoms with E-state index in [0.717, 1.165) is 19.4 Å². The van der Waals surface area contributed by atoms with Gasteiger partial charge in [0.05, 0.1) is 7.11 Å². The molecule has 0 aliphatic heterocycles. The fourth-order valence-corrected chi connectivity index (χ4v) is 1.60. The molecule has 0 aliphatic carbocycles. The zero-order valence-corrected chi connectivity index (χ0v) is 11.6. The summed E-state index contributed by atoms with van der Waals surface area (Å²) in [6, 6.07) is 4.97. The number of amides is 1. The number of nitrogens with one attached hydrogen (secondary N) is 1. The van der Waals surface area contributed by atoms with Crippen LogP contribution in [0, 0.1) is 0 Å². The number of hydrogen-bond acceptors (Lipinski definition) is 4. The van der Waals surface area contributed by atoms with Crippen molar-refractivity contribution in [1.82, 2.24) is 5.32 Å². The van der Waals surface area contributed by atoms with E-state index in [2.05, 4.69) is 12.2 Å². The maximum Gasteiger partial charge on any atom is 0.251 e. The van der Waals surface area contributed by atoms with Crippen LogP contribution < -0.4 is 15.8 Å². The molecule has 19 heavy (non-hydrogen) atoms. The lowest BCUT2D eigenvalue weighted by molar-refractivity contribution is 0.0941. The highest BCUT2D eigenvalue weighted by atomic mass is 16.5. The highest BCUT2D eigenvalue weighted by Gasteiger charge is 2.07. The van der Waals surface area contributed by atoms with Gasteiger partial charge in [0.25, 0.3) is 5.91 Å². The molecule has 0 bridgehead atoms. The smallest absolute Gasteiger partial charge is 0.251 e. The highest BCUT2D eigenvalue weighted by molar-refractivity contribution is 5.95. The van der Waals surface area contributed by atoms with Crippen LogP contribution in [0.2, 0.25) is 0 Å². The number of anilines is 1. The van der Waals surface area contributed by atoms with Gasteiger partial charge in [-0.3, -0.25) is 4.79 Å². The quantitative estimate of drug-likeness (QED) is 0.556. The van der Waals surface area contributed by atoms with Gasteiger partial charge in [0.15, 0.2) is 0 Å². The molecule has 0 unspecified atom stereocenters. The summed E-state index contributed by atoms with van der Waals surface area (Å²) in [4.78, 5) is 11.9. The first-order chi connectivity index (χ1) is 9.17. The van der Waals surface area contributed by atoms with Gasteiger partial charge in [-0.2, -0.15) is 0 Å². The molecule has 5 heteroatoms. The molecule has 0 saturated carbocycles. The van der Waals surface area contributed by atoms with Gasteiger partial charge in [0.2, 0.25) is 0 Å². The number of ether oxygens (including phenoxy) is 2. The van der Waals surface area contributed by atoms with Crippen molar-refractivity contribution in [2.45, 2.75) is 19.8 Å². The monoisotopic (exact) mass is 266 g/mol. The number of nitrogens with two attached hydrogens (primary N) is 1. The largest absolute Gasteiger partial charge is 0.497 e. The third-order valence-corrected chi connectivity index (χ3v) is 2.53. The van der Waals surface area contributed by atoms with E-state index in [4.69, 9.17) is 15.2 Å². The number of rotatable bonds is 8. The van der Waals surface area contributed by atoms with Crippen LogP contribution in [0.15, 0.2) is 18.2 Å². The zero-order valence-electron chi connectivity index (χ0n) is 11.6. The Balaban J connectivity index is 2.39. The molecule has 1 aromatic rings. The molecular weight excluding hydrogens is 244 g/mol. The van der Waals surface area contributed by atoms with Crippen LogP contribution in [-0.2, 0) is 4.74 Å². The molecule has 5 nitrogen and oxygen atoms in total. The lowest BCUT2D eigenvalue weighted by Gasteiger charge is -2.08. The van der Waals surface area contributed by atoms with E-state index in [0.29, 0.717) is 30.2 Å². The minimum atomic E-state index is -0.152. The van der Waals surface area contributed by atoms with Gasteiger partial charge in [-0.15, -0.1) is 0 Å². The van der Waals surface area contributed by atoms with Crippen molar-refractivity contribution in [2.24, 2.45) is 0 Å². The Labute approximate surface area is 114 Å². The van der Waals surface area contributed by atoms with Crippen molar-refractivity contribution in [3.05, 3.63) is 23.8 Å². The molecule has 0 aromatic heterocycles. The number of hydrogen-bond donors (Lipinski definition) is 2. The van der Waals surface area contributed by atoms with E-state index in [1.807, 2.05) is 0 Å². The molecule has 0 heterocycles. The summed E-state index contributed by atoms with van der Waals surface area (Å²) >= 11 is 0. The normalized spacial score (nSPS) is 10.2. The van der Waals surface area contributed by atoms with Crippen molar-refractivity contribution in [3.63, 3.8) is 0 Å². The molecule has 0 saturated heterocycles. The van der Waals surface area contributed by atoms with Crippen LogP contribution >= 0.6 is 0 Å². The van der Waals surface area contributed by atoms with Crippen LogP contribution in [0.25, 0.3) is 0 Å². The fraction of sp³-hybridized carbons (Fsp3) is 0.500. The molecule has 0 atom stereocenters. The van der Waals surface area contributed by atoms with E-state index >= 15 is 0 Å². The van der Waals surface area contributed by atoms with E-state index in [-0.39, 0.29) is 5.91 Å². The average Bonchev–Trinajstić information content (AvgIpc) is 2.41. The van der Waals surface area contributed by atoms with Crippen LogP contribution in [0.5, 0.6) is 5.75 Å².